The zero-order chi connectivity index (χ0) is 24.7. The first kappa shape index (κ1) is 24.1. The first-order valence-corrected chi connectivity index (χ1v) is 10.3. The van der Waals surface area contributed by atoms with E-state index in [1.807, 2.05) is 0 Å². The molecule has 1 amide bonds. The van der Waals surface area contributed by atoms with E-state index in [2.05, 4.69) is 30.6 Å². The molecular formula is C21H23N7O6. The van der Waals surface area contributed by atoms with Gasteiger partial charge in [0.15, 0.2) is 11.2 Å². The maximum Gasteiger partial charge on any atom is 0.326 e. The van der Waals surface area contributed by atoms with Crippen molar-refractivity contribution in [1.29, 1.82) is 0 Å². The van der Waals surface area contributed by atoms with Crippen LogP contribution in [0, 0.1) is 0 Å². The quantitative estimate of drug-likeness (QED) is 0.211. The number of anilines is 2. The van der Waals surface area contributed by atoms with E-state index in [1.54, 1.807) is 18.3 Å². The van der Waals surface area contributed by atoms with Gasteiger partial charge < -0.3 is 26.6 Å². The summed E-state index contributed by atoms with van der Waals surface area (Å²) in [6.07, 6.45) is 2.21. The summed E-state index contributed by atoms with van der Waals surface area (Å²) in [5.41, 5.74) is 6.98. The molecule has 7 N–H and O–H groups in total. The van der Waals surface area contributed by atoms with Gasteiger partial charge in [-0.05, 0) is 43.5 Å². The lowest BCUT2D eigenvalue weighted by Gasteiger charge is -2.14. The summed E-state index contributed by atoms with van der Waals surface area (Å²) in [4.78, 5) is 60.8. The van der Waals surface area contributed by atoms with Crippen LogP contribution in [0.5, 0.6) is 0 Å². The highest BCUT2D eigenvalue weighted by molar-refractivity contribution is 5.96. The number of aliphatic carboxylic acids is 2. The number of carboxylic acids is 2. The summed E-state index contributed by atoms with van der Waals surface area (Å²) in [7, 11) is 0. The Balaban J connectivity index is 1.49. The number of nitrogens with one attached hydrogen (secondary N) is 3. The van der Waals surface area contributed by atoms with Crippen molar-refractivity contribution in [2.75, 3.05) is 17.6 Å². The fraction of sp³-hybridized carbons (Fsp3) is 0.286. The summed E-state index contributed by atoms with van der Waals surface area (Å²) < 4.78 is 0. The second-order valence-corrected chi connectivity index (χ2v) is 7.39. The maximum atomic E-state index is 12.3. The van der Waals surface area contributed by atoms with Crippen molar-refractivity contribution >= 4 is 40.6 Å². The molecule has 0 saturated heterocycles. The highest BCUT2D eigenvalue weighted by atomic mass is 16.4. The first-order chi connectivity index (χ1) is 16.2. The van der Waals surface area contributed by atoms with Crippen LogP contribution in [-0.2, 0) is 16.0 Å². The fourth-order valence-electron chi connectivity index (χ4n) is 3.10. The van der Waals surface area contributed by atoms with E-state index < -0.39 is 29.4 Å². The number of aryl methyl sites for hydroxylation is 1. The van der Waals surface area contributed by atoms with E-state index in [0.717, 1.165) is 5.69 Å². The number of carbonyl (C=O) groups is 3. The number of rotatable bonds is 11. The molecule has 0 fully saturated rings. The molecule has 2 heterocycles. The standard InChI is InChI=1S/C21H23N7O6/c22-21-27-17-16(19(32)28-21)25-13(10-24-17)2-1-9-23-12-5-3-11(4-6-12)18(31)26-14(20(33)34)7-8-15(29)30/h3-6,10,14,23H,1-2,7-9H2,(H,26,31)(H,29,30)(H,33,34)(H3,22,24,27,28,32)/t14-/m0/s1. The fourth-order valence-corrected chi connectivity index (χ4v) is 3.10. The molecule has 1 aromatic carbocycles. The van der Waals surface area contributed by atoms with Gasteiger partial charge in [-0.15, -0.1) is 0 Å². The van der Waals surface area contributed by atoms with Crippen LogP contribution in [-0.4, -0.2) is 60.6 Å². The molecule has 13 nitrogen and oxygen atoms in total. The van der Waals surface area contributed by atoms with Crippen molar-refractivity contribution in [3.8, 4) is 0 Å². The lowest BCUT2D eigenvalue weighted by Crippen LogP contribution is -2.41. The largest absolute Gasteiger partial charge is 0.481 e. The number of amides is 1. The van der Waals surface area contributed by atoms with Crippen LogP contribution in [0.15, 0.2) is 35.3 Å². The van der Waals surface area contributed by atoms with Crippen LogP contribution in [0.2, 0.25) is 0 Å². The van der Waals surface area contributed by atoms with Gasteiger partial charge in [-0.25, -0.2) is 14.8 Å². The number of carboxylic acid groups (broad SMARTS) is 2. The van der Waals surface area contributed by atoms with E-state index in [0.29, 0.717) is 25.1 Å². The average Bonchev–Trinajstić information content (AvgIpc) is 2.79. The molecule has 0 radical (unpaired) electrons. The molecule has 0 saturated carbocycles. The number of benzene rings is 1. The molecule has 0 aliphatic heterocycles. The minimum Gasteiger partial charge on any atom is -0.481 e. The Labute approximate surface area is 192 Å². The summed E-state index contributed by atoms with van der Waals surface area (Å²) in [6, 6.07) is 5.13. The third-order valence-corrected chi connectivity index (χ3v) is 4.82. The molecule has 3 aromatic rings. The van der Waals surface area contributed by atoms with Crippen molar-refractivity contribution in [2.24, 2.45) is 0 Å². The van der Waals surface area contributed by atoms with Crippen LogP contribution < -0.4 is 21.9 Å². The number of H-pyrrole nitrogens is 1. The van der Waals surface area contributed by atoms with Crippen molar-refractivity contribution in [3.05, 3.63) is 52.1 Å². The van der Waals surface area contributed by atoms with Crippen LogP contribution in [0.25, 0.3) is 11.2 Å². The number of aromatic amines is 1. The van der Waals surface area contributed by atoms with Crippen LogP contribution >= 0.6 is 0 Å². The molecule has 3 rings (SSSR count). The molecule has 13 heteroatoms. The molecule has 1 atom stereocenters. The highest BCUT2D eigenvalue weighted by Crippen LogP contribution is 2.11. The Morgan fingerprint density at radius 2 is 1.85 bits per heavy atom. The topological polar surface area (TPSA) is 213 Å². The van der Waals surface area contributed by atoms with Gasteiger partial charge in [0.05, 0.1) is 11.9 Å². The minimum atomic E-state index is -1.30. The summed E-state index contributed by atoms with van der Waals surface area (Å²) in [6.45, 7) is 0.581. The molecule has 0 bridgehead atoms. The average molecular weight is 469 g/mol. The number of nitrogens with zero attached hydrogens (tertiary/aromatic N) is 3. The van der Waals surface area contributed by atoms with Crippen LogP contribution in [0.3, 0.4) is 0 Å². The van der Waals surface area contributed by atoms with Crippen molar-refractivity contribution in [3.63, 3.8) is 0 Å². The Morgan fingerprint density at radius 1 is 1.12 bits per heavy atom. The number of hydrogen-bond donors (Lipinski definition) is 6. The Kier molecular flexibility index (Phi) is 7.69. The van der Waals surface area contributed by atoms with Gasteiger partial charge in [0.1, 0.15) is 6.04 Å². The molecule has 34 heavy (non-hydrogen) atoms. The molecule has 0 aliphatic carbocycles. The van der Waals surface area contributed by atoms with Crippen molar-refractivity contribution in [1.82, 2.24) is 25.3 Å². The van der Waals surface area contributed by atoms with Gasteiger partial charge in [0.2, 0.25) is 5.95 Å². The normalized spacial score (nSPS) is 11.6. The molecule has 2 aromatic heterocycles. The molecule has 0 spiro atoms. The third kappa shape index (κ3) is 6.48. The lowest BCUT2D eigenvalue weighted by atomic mass is 10.1. The third-order valence-electron chi connectivity index (χ3n) is 4.82. The zero-order valence-corrected chi connectivity index (χ0v) is 17.9. The van der Waals surface area contributed by atoms with Gasteiger partial charge in [-0.1, -0.05) is 0 Å². The van der Waals surface area contributed by atoms with E-state index in [1.165, 1.54) is 12.1 Å². The summed E-state index contributed by atoms with van der Waals surface area (Å²) >= 11 is 0. The van der Waals surface area contributed by atoms with Gasteiger partial charge in [0.25, 0.3) is 11.5 Å². The van der Waals surface area contributed by atoms with E-state index >= 15 is 0 Å². The minimum absolute atomic E-state index is 0.0212. The number of fused-ring (bicyclic) bond motifs is 1. The molecular weight excluding hydrogens is 446 g/mol. The molecule has 178 valence electrons. The Hall–Kier alpha value is -4.55. The second kappa shape index (κ2) is 10.8. The monoisotopic (exact) mass is 469 g/mol. The zero-order valence-electron chi connectivity index (χ0n) is 17.9. The number of aromatic nitrogens is 4. The molecule has 0 unspecified atom stereocenters. The summed E-state index contributed by atoms with van der Waals surface area (Å²) in [5, 5.41) is 23.4. The number of hydrogen-bond acceptors (Lipinski definition) is 9. The number of carbonyl (C=O) groups excluding carboxylic acids is 1. The number of nitrogens with two attached hydrogens (primary N) is 1. The maximum absolute atomic E-state index is 12.3. The highest BCUT2D eigenvalue weighted by Gasteiger charge is 2.21. The van der Waals surface area contributed by atoms with E-state index in [-0.39, 0.29) is 35.5 Å². The molecule has 0 aliphatic rings. The lowest BCUT2D eigenvalue weighted by molar-refractivity contribution is -0.140. The smallest absolute Gasteiger partial charge is 0.326 e. The van der Waals surface area contributed by atoms with Gasteiger partial charge >= 0.3 is 11.9 Å². The summed E-state index contributed by atoms with van der Waals surface area (Å²) in [5.74, 6) is -3.06. The van der Waals surface area contributed by atoms with E-state index in [4.69, 9.17) is 15.9 Å². The van der Waals surface area contributed by atoms with Gasteiger partial charge in [-0.3, -0.25) is 19.4 Å². The SMILES string of the molecule is Nc1nc2ncc(CCCNc3ccc(C(=O)N[C@@H](CCC(=O)O)C(=O)O)cc3)nc2c(=O)[nH]1. The first-order valence-electron chi connectivity index (χ1n) is 10.3. The van der Waals surface area contributed by atoms with Crippen molar-refractivity contribution in [2.45, 2.75) is 31.7 Å². The predicted octanol–water partition coefficient (Wildman–Crippen LogP) is 0.388. The predicted molar refractivity (Wildman–Crippen MR) is 121 cm³/mol. The van der Waals surface area contributed by atoms with Crippen molar-refractivity contribution < 1.29 is 24.6 Å². The second-order valence-electron chi connectivity index (χ2n) is 7.39. The Bertz CT molecular complexity index is 1260. The Morgan fingerprint density at radius 3 is 2.53 bits per heavy atom. The number of nitrogen functional groups attached to an aromatic ring is 1. The van der Waals surface area contributed by atoms with Gasteiger partial charge in [-0.2, -0.15) is 4.98 Å². The van der Waals surface area contributed by atoms with Gasteiger partial charge in [0, 0.05) is 24.2 Å². The van der Waals surface area contributed by atoms with Crippen LogP contribution in [0.4, 0.5) is 11.6 Å². The van der Waals surface area contributed by atoms with E-state index in [9.17, 15) is 19.2 Å². The van der Waals surface area contributed by atoms with Crippen LogP contribution in [0.1, 0.15) is 35.3 Å².